The van der Waals surface area contributed by atoms with Crippen molar-refractivity contribution in [1.29, 1.82) is 0 Å². The maximum absolute atomic E-state index is 12.5. The van der Waals surface area contributed by atoms with E-state index < -0.39 is 22.1 Å². The first-order valence-electron chi connectivity index (χ1n) is 10.9. The number of thiophene rings is 1. The van der Waals surface area contributed by atoms with Crippen molar-refractivity contribution in [2.24, 2.45) is 0 Å². The molecule has 0 bridgehead atoms. The molecule has 13 heteroatoms. The number of esters is 1. The number of carbonyl (C=O) groups excluding carboxylic acids is 2. The van der Waals surface area contributed by atoms with Crippen molar-refractivity contribution in [3.8, 4) is 21.9 Å². The summed E-state index contributed by atoms with van der Waals surface area (Å²) in [6.07, 6.45) is 0.215. The van der Waals surface area contributed by atoms with E-state index in [-0.39, 0.29) is 35.6 Å². The number of ether oxygens (including phenoxy) is 2. The molecule has 0 saturated heterocycles. The number of aromatic nitrogens is 2. The molecule has 192 valence electrons. The average molecular weight is 543 g/mol. The second-order valence-corrected chi connectivity index (χ2v) is 10.4. The molecule has 0 radical (unpaired) electrons. The van der Waals surface area contributed by atoms with Crippen molar-refractivity contribution in [2.75, 3.05) is 22.9 Å². The summed E-state index contributed by atoms with van der Waals surface area (Å²) in [5.74, 6) is -0.426. The van der Waals surface area contributed by atoms with Gasteiger partial charge in [0.05, 0.1) is 18.4 Å². The Kier molecular flexibility index (Phi) is 7.84. The van der Waals surface area contributed by atoms with E-state index in [1.165, 1.54) is 17.4 Å². The number of anilines is 2. The van der Waals surface area contributed by atoms with Crippen LogP contribution in [0.4, 0.5) is 15.5 Å². The zero-order valence-corrected chi connectivity index (χ0v) is 21.4. The Balaban J connectivity index is 1.43. The Bertz CT molecular complexity index is 1510. The Hall–Kier alpha value is -4.23. The molecular weight excluding hydrogens is 520 g/mol. The lowest BCUT2D eigenvalue weighted by molar-refractivity contribution is 0.0528. The minimum Gasteiger partial charge on any atom is -0.462 e. The van der Waals surface area contributed by atoms with Gasteiger partial charge in [0.1, 0.15) is 5.00 Å². The molecule has 37 heavy (non-hydrogen) atoms. The predicted octanol–water partition coefficient (Wildman–Crippen LogP) is 4.76. The molecule has 0 saturated carbocycles. The summed E-state index contributed by atoms with van der Waals surface area (Å²) in [6.45, 7) is 1.55. The smallest absolute Gasteiger partial charge is 0.412 e. The molecule has 0 aliphatic rings. The fraction of sp³-hybridized carbons (Fsp3) is 0.167. The van der Waals surface area contributed by atoms with Crippen LogP contribution in [0.15, 0.2) is 65.1 Å². The highest BCUT2D eigenvalue weighted by molar-refractivity contribution is 7.92. The second kappa shape index (κ2) is 11.2. The fourth-order valence-electron chi connectivity index (χ4n) is 3.20. The van der Waals surface area contributed by atoms with E-state index in [9.17, 15) is 18.0 Å². The van der Waals surface area contributed by atoms with E-state index >= 15 is 0 Å². The van der Waals surface area contributed by atoms with Crippen LogP contribution < -0.4 is 10.0 Å². The molecule has 0 aliphatic carbocycles. The van der Waals surface area contributed by atoms with Crippen molar-refractivity contribution in [2.45, 2.75) is 13.5 Å². The van der Waals surface area contributed by atoms with Crippen molar-refractivity contribution in [3.63, 3.8) is 0 Å². The quantitative estimate of drug-likeness (QED) is 0.285. The van der Waals surface area contributed by atoms with Gasteiger partial charge in [-0.1, -0.05) is 36.4 Å². The molecule has 0 spiro atoms. The summed E-state index contributed by atoms with van der Waals surface area (Å²) in [7, 11) is -3.45. The number of rotatable bonds is 9. The number of hydrogen-bond acceptors (Lipinski definition) is 10. The van der Waals surface area contributed by atoms with Gasteiger partial charge in [-0.25, -0.2) is 18.0 Å². The van der Waals surface area contributed by atoms with E-state index in [4.69, 9.17) is 13.9 Å². The first-order chi connectivity index (χ1) is 17.7. The van der Waals surface area contributed by atoms with Crippen LogP contribution in [0.25, 0.3) is 21.9 Å². The lowest BCUT2D eigenvalue weighted by Gasteiger charge is -2.06. The van der Waals surface area contributed by atoms with Crippen LogP contribution in [0, 0.1) is 0 Å². The van der Waals surface area contributed by atoms with E-state index in [2.05, 4.69) is 20.2 Å². The van der Waals surface area contributed by atoms with Gasteiger partial charge in [-0.15, -0.1) is 21.5 Å². The van der Waals surface area contributed by atoms with E-state index in [1.54, 1.807) is 31.2 Å². The Morgan fingerprint density at radius 2 is 1.76 bits per heavy atom. The summed E-state index contributed by atoms with van der Waals surface area (Å²) in [6, 6.07) is 17.5. The van der Waals surface area contributed by atoms with Crippen molar-refractivity contribution in [1.82, 2.24) is 10.2 Å². The fourth-order valence-corrected chi connectivity index (χ4v) is 4.80. The zero-order chi connectivity index (χ0) is 26.4. The molecule has 2 heterocycles. The lowest BCUT2D eigenvalue weighted by atomic mass is 10.1. The molecule has 0 fully saturated rings. The lowest BCUT2D eigenvalue weighted by Crippen LogP contribution is -2.15. The predicted molar refractivity (Wildman–Crippen MR) is 138 cm³/mol. The van der Waals surface area contributed by atoms with Gasteiger partial charge in [-0.3, -0.25) is 10.0 Å². The van der Waals surface area contributed by atoms with E-state index in [0.29, 0.717) is 11.3 Å². The third-order valence-electron chi connectivity index (χ3n) is 4.71. The van der Waals surface area contributed by atoms with E-state index in [1.807, 2.05) is 30.3 Å². The van der Waals surface area contributed by atoms with Crippen LogP contribution >= 0.6 is 11.3 Å². The average Bonchev–Trinajstić information content (AvgIpc) is 3.50. The highest BCUT2D eigenvalue weighted by atomic mass is 32.2. The number of benzene rings is 2. The van der Waals surface area contributed by atoms with Crippen molar-refractivity contribution < 1.29 is 31.9 Å². The molecule has 2 aromatic carbocycles. The molecule has 1 amide bonds. The van der Waals surface area contributed by atoms with Gasteiger partial charge in [0, 0.05) is 16.1 Å². The number of carbonyl (C=O) groups is 2. The summed E-state index contributed by atoms with van der Waals surface area (Å²) in [5.41, 5.74) is 1.90. The Morgan fingerprint density at radius 3 is 2.49 bits per heavy atom. The SMILES string of the molecule is CCOC(=O)c1cc(-c2ccccc2)sc1NC(=O)OCc1nnc(-c2cccc(NS(C)(=O)=O)c2)o1. The molecule has 4 rings (SSSR count). The first kappa shape index (κ1) is 25.9. The number of sulfonamides is 1. The monoisotopic (exact) mass is 542 g/mol. The van der Waals surface area contributed by atoms with Crippen LogP contribution in [0.1, 0.15) is 23.2 Å². The van der Waals surface area contributed by atoms with Crippen molar-refractivity contribution in [3.05, 3.63) is 72.1 Å². The third kappa shape index (κ3) is 6.92. The largest absolute Gasteiger partial charge is 0.462 e. The minimum atomic E-state index is -3.45. The summed E-state index contributed by atoms with van der Waals surface area (Å²) in [4.78, 5) is 25.7. The minimum absolute atomic E-state index is 0.0217. The van der Waals surface area contributed by atoms with Gasteiger partial charge in [0.2, 0.25) is 15.9 Å². The van der Waals surface area contributed by atoms with Crippen LogP contribution in [0.2, 0.25) is 0 Å². The normalized spacial score (nSPS) is 11.1. The molecule has 4 aromatic rings. The highest BCUT2D eigenvalue weighted by Gasteiger charge is 2.21. The van der Waals surface area contributed by atoms with Crippen LogP contribution in [0.3, 0.4) is 0 Å². The van der Waals surface area contributed by atoms with Crippen LogP contribution in [-0.4, -0.2) is 43.5 Å². The molecule has 0 atom stereocenters. The zero-order valence-electron chi connectivity index (χ0n) is 19.8. The molecule has 0 aliphatic heterocycles. The maximum Gasteiger partial charge on any atom is 0.412 e. The first-order valence-corrected chi connectivity index (χ1v) is 13.6. The number of nitrogens with zero attached hydrogens (tertiary/aromatic N) is 2. The number of hydrogen-bond donors (Lipinski definition) is 2. The Labute approximate surface area is 216 Å². The summed E-state index contributed by atoms with van der Waals surface area (Å²) in [5, 5.41) is 10.6. The Morgan fingerprint density at radius 1 is 1.00 bits per heavy atom. The molecule has 0 unspecified atom stereocenters. The third-order valence-corrected chi connectivity index (χ3v) is 6.41. The van der Waals surface area contributed by atoms with E-state index in [0.717, 1.165) is 16.7 Å². The maximum atomic E-state index is 12.5. The number of amides is 1. The van der Waals surface area contributed by atoms with Gasteiger partial charge in [-0.2, -0.15) is 0 Å². The van der Waals surface area contributed by atoms with Gasteiger partial charge in [0.25, 0.3) is 5.89 Å². The van der Waals surface area contributed by atoms with Crippen molar-refractivity contribution >= 4 is 44.1 Å². The molecule has 11 nitrogen and oxygen atoms in total. The second-order valence-electron chi connectivity index (χ2n) is 7.60. The van der Waals surface area contributed by atoms with Gasteiger partial charge in [0.15, 0.2) is 6.61 Å². The summed E-state index contributed by atoms with van der Waals surface area (Å²) < 4.78 is 41.1. The van der Waals surface area contributed by atoms with Gasteiger partial charge >= 0.3 is 12.1 Å². The molecule has 2 aromatic heterocycles. The number of nitrogens with one attached hydrogen (secondary N) is 2. The summed E-state index contributed by atoms with van der Waals surface area (Å²) >= 11 is 1.21. The van der Waals surface area contributed by atoms with Crippen LogP contribution in [-0.2, 0) is 26.1 Å². The van der Waals surface area contributed by atoms with Gasteiger partial charge in [-0.05, 0) is 36.8 Å². The highest BCUT2D eigenvalue weighted by Crippen LogP contribution is 2.36. The van der Waals surface area contributed by atoms with Gasteiger partial charge < -0.3 is 13.9 Å². The standard InChI is InChI=1S/C24H22N4O7S2/c1-3-33-23(29)18-13-19(15-8-5-4-6-9-15)36-22(18)25-24(30)34-14-20-26-27-21(35-20)16-10-7-11-17(12-16)28-37(2,31)32/h4-13,28H,3,14H2,1-2H3,(H,25,30). The molecular formula is C24H22N4O7S2. The van der Waals surface area contributed by atoms with Crippen LogP contribution in [0.5, 0.6) is 0 Å². The topological polar surface area (TPSA) is 150 Å². The molecule has 2 N–H and O–H groups in total.